The molecule has 0 saturated carbocycles. The van der Waals surface area contributed by atoms with E-state index in [0.29, 0.717) is 12.4 Å². The Kier molecular flexibility index (Phi) is 7.75. The first-order valence-electron chi connectivity index (χ1n) is 11.2. The van der Waals surface area contributed by atoms with E-state index in [4.69, 9.17) is 5.10 Å². The van der Waals surface area contributed by atoms with Gasteiger partial charge in [-0.25, -0.2) is 9.48 Å². The molecule has 0 saturated heterocycles. The topological polar surface area (TPSA) is 79.3 Å². The van der Waals surface area contributed by atoms with Crippen LogP contribution in [0, 0.1) is 12.8 Å². The van der Waals surface area contributed by atoms with Crippen molar-refractivity contribution in [1.29, 1.82) is 0 Å². The maximum atomic E-state index is 13.0. The number of anilines is 2. The fourth-order valence-electron chi connectivity index (χ4n) is 3.27. The van der Waals surface area contributed by atoms with Crippen molar-refractivity contribution in [2.24, 2.45) is 5.92 Å². The number of aryl methyl sites for hydroxylation is 1. The van der Waals surface area contributed by atoms with Crippen LogP contribution < -0.4 is 10.6 Å². The first-order valence-corrected chi connectivity index (χ1v) is 11.2. The Hall–Kier alpha value is -2.83. The molecule has 0 spiro atoms. The Labute approximate surface area is 192 Å². The van der Waals surface area contributed by atoms with Crippen molar-refractivity contribution in [3.8, 4) is 0 Å². The molecule has 0 aliphatic rings. The first-order chi connectivity index (χ1) is 14.7. The van der Waals surface area contributed by atoms with Crippen LogP contribution in [0.5, 0.6) is 0 Å². The molecule has 0 bridgehead atoms. The number of hydrogen-bond acceptors (Lipinski definition) is 3. The number of nitrogens with zero attached hydrogens (tertiary/aromatic N) is 3. The Bertz CT molecular complexity index is 948. The number of hydrogen-bond donors (Lipinski definition) is 2. The molecule has 1 heterocycles. The number of amides is 3. The average molecular weight is 442 g/mol. The fraction of sp³-hybridized carbons (Fsp3) is 0.560. The van der Waals surface area contributed by atoms with Gasteiger partial charge in [-0.05, 0) is 45.2 Å². The number of para-hydroxylation sites is 1. The molecule has 0 unspecified atom stereocenters. The molecule has 2 aromatic rings. The van der Waals surface area contributed by atoms with Gasteiger partial charge in [-0.1, -0.05) is 52.8 Å². The maximum absolute atomic E-state index is 13.0. The molecule has 0 aliphatic heterocycles. The molecule has 1 aromatic carbocycles. The van der Waals surface area contributed by atoms with Crippen LogP contribution in [-0.2, 0) is 15.7 Å². The molecule has 32 heavy (non-hydrogen) atoms. The normalized spacial score (nSPS) is 12.1. The van der Waals surface area contributed by atoms with Crippen LogP contribution in [0.3, 0.4) is 0 Å². The minimum Gasteiger partial charge on any atom is -0.315 e. The minimum atomic E-state index is -0.300. The number of carbonyl (C=O) groups is 2. The maximum Gasteiger partial charge on any atom is 0.322 e. The van der Waals surface area contributed by atoms with Gasteiger partial charge in [0.25, 0.3) is 0 Å². The van der Waals surface area contributed by atoms with Gasteiger partial charge in [0.1, 0.15) is 12.4 Å². The summed E-state index contributed by atoms with van der Waals surface area (Å²) < 4.78 is 1.84. The third kappa shape index (κ3) is 6.84. The van der Waals surface area contributed by atoms with E-state index in [-0.39, 0.29) is 35.4 Å². The van der Waals surface area contributed by atoms with E-state index in [1.165, 1.54) is 0 Å². The van der Waals surface area contributed by atoms with Crippen molar-refractivity contribution in [3.05, 3.63) is 41.6 Å². The number of nitrogens with one attached hydrogen (secondary N) is 2. The summed E-state index contributed by atoms with van der Waals surface area (Å²) in [7, 11) is 0. The van der Waals surface area contributed by atoms with Gasteiger partial charge in [-0.3, -0.25) is 4.79 Å². The second-order valence-corrected chi connectivity index (χ2v) is 10.8. The number of benzene rings is 1. The van der Waals surface area contributed by atoms with E-state index < -0.39 is 0 Å². The highest BCUT2D eigenvalue weighted by Gasteiger charge is 2.27. The Morgan fingerprint density at radius 3 is 2.22 bits per heavy atom. The van der Waals surface area contributed by atoms with E-state index in [0.717, 1.165) is 16.9 Å². The summed E-state index contributed by atoms with van der Waals surface area (Å²) in [4.78, 5) is 27.5. The lowest BCUT2D eigenvalue weighted by Crippen LogP contribution is -2.43. The molecule has 0 radical (unpaired) electrons. The van der Waals surface area contributed by atoms with E-state index in [1.54, 1.807) is 4.90 Å². The summed E-state index contributed by atoms with van der Waals surface area (Å²) in [6.45, 7) is 18.8. The molecule has 2 rings (SSSR count). The summed E-state index contributed by atoms with van der Waals surface area (Å²) in [6.07, 6.45) is 0. The third-order valence-corrected chi connectivity index (χ3v) is 4.97. The lowest BCUT2D eigenvalue weighted by atomic mass is 9.92. The molecule has 2 N–H and O–H groups in total. The highest BCUT2D eigenvalue weighted by molar-refractivity contribution is 5.97. The molecule has 0 atom stereocenters. The molecule has 0 aliphatic carbocycles. The van der Waals surface area contributed by atoms with Gasteiger partial charge in [-0.15, -0.1) is 0 Å². The molecule has 3 amide bonds. The van der Waals surface area contributed by atoms with Gasteiger partial charge >= 0.3 is 6.03 Å². The van der Waals surface area contributed by atoms with Crippen LogP contribution in [0.4, 0.5) is 16.3 Å². The molecule has 1 aromatic heterocycles. The van der Waals surface area contributed by atoms with Gasteiger partial charge in [0, 0.05) is 23.7 Å². The van der Waals surface area contributed by atoms with Crippen molar-refractivity contribution in [3.63, 3.8) is 0 Å². The van der Waals surface area contributed by atoms with E-state index in [9.17, 15) is 9.59 Å². The minimum absolute atomic E-state index is 0.0456. The first kappa shape index (κ1) is 25.4. The van der Waals surface area contributed by atoms with Crippen LogP contribution in [-0.4, -0.2) is 39.7 Å². The van der Waals surface area contributed by atoms with Gasteiger partial charge in [-0.2, -0.15) is 5.10 Å². The van der Waals surface area contributed by atoms with E-state index in [1.807, 2.05) is 76.6 Å². The second-order valence-electron chi connectivity index (χ2n) is 10.8. The van der Waals surface area contributed by atoms with Crippen LogP contribution in [0.25, 0.3) is 0 Å². The van der Waals surface area contributed by atoms with Crippen molar-refractivity contribution in [1.82, 2.24) is 14.7 Å². The largest absolute Gasteiger partial charge is 0.322 e. The molecule has 7 nitrogen and oxygen atoms in total. The van der Waals surface area contributed by atoms with Crippen LogP contribution >= 0.6 is 0 Å². The Morgan fingerprint density at radius 1 is 1.06 bits per heavy atom. The van der Waals surface area contributed by atoms with Crippen molar-refractivity contribution in [2.75, 3.05) is 23.7 Å². The van der Waals surface area contributed by atoms with Crippen molar-refractivity contribution >= 4 is 23.4 Å². The molecule has 0 fully saturated rings. The Balaban J connectivity index is 2.21. The quantitative estimate of drug-likeness (QED) is 0.632. The summed E-state index contributed by atoms with van der Waals surface area (Å²) in [5.41, 5.74) is 2.17. The smallest absolute Gasteiger partial charge is 0.315 e. The van der Waals surface area contributed by atoms with Crippen LogP contribution in [0.2, 0.25) is 0 Å². The molecular formula is C25H39N5O2. The summed E-state index contributed by atoms with van der Waals surface area (Å²) in [6, 6.07) is 9.23. The molecule has 176 valence electrons. The number of rotatable bonds is 6. The standard InChI is InChI=1S/C25H39N5O2/c1-17(2)15-29(23(32)26-19-13-11-10-12-18(19)3)16-22(31)27-21-14-20(24(4,5)6)28-30(21)25(7,8)9/h10-14,17H,15-16H2,1-9H3,(H,26,32)(H,27,31). The number of urea groups is 1. The lowest BCUT2D eigenvalue weighted by molar-refractivity contribution is -0.116. The van der Waals surface area contributed by atoms with Gasteiger partial charge in [0.05, 0.1) is 11.2 Å². The van der Waals surface area contributed by atoms with Gasteiger partial charge in [0.15, 0.2) is 0 Å². The fourth-order valence-corrected chi connectivity index (χ4v) is 3.27. The summed E-state index contributed by atoms with van der Waals surface area (Å²) in [5.74, 6) is 0.602. The zero-order valence-electron chi connectivity index (χ0n) is 21.0. The lowest BCUT2D eigenvalue weighted by Gasteiger charge is -2.26. The predicted octanol–water partition coefficient (Wildman–Crippen LogP) is 5.37. The van der Waals surface area contributed by atoms with Crippen LogP contribution in [0.1, 0.15) is 66.6 Å². The van der Waals surface area contributed by atoms with Crippen molar-refractivity contribution in [2.45, 2.75) is 73.3 Å². The van der Waals surface area contributed by atoms with Gasteiger partial charge in [0.2, 0.25) is 5.91 Å². The SMILES string of the molecule is Cc1ccccc1NC(=O)N(CC(=O)Nc1cc(C(C)(C)C)nn1C(C)(C)C)CC(C)C. The molecule has 7 heteroatoms. The highest BCUT2D eigenvalue weighted by Crippen LogP contribution is 2.28. The predicted molar refractivity (Wildman–Crippen MR) is 131 cm³/mol. The monoisotopic (exact) mass is 441 g/mol. The Morgan fingerprint density at radius 2 is 1.69 bits per heavy atom. The second kappa shape index (κ2) is 9.76. The third-order valence-electron chi connectivity index (χ3n) is 4.97. The summed E-state index contributed by atoms with van der Waals surface area (Å²) >= 11 is 0. The molecular weight excluding hydrogens is 402 g/mol. The van der Waals surface area contributed by atoms with Gasteiger partial charge < -0.3 is 15.5 Å². The van der Waals surface area contributed by atoms with Crippen LogP contribution in [0.15, 0.2) is 30.3 Å². The summed E-state index contributed by atoms with van der Waals surface area (Å²) in [5, 5.41) is 10.7. The van der Waals surface area contributed by atoms with Crippen molar-refractivity contribution < 1.29 is 9.59 Å². The van der Waals surface area contributed by atoms with E-state index >= 15 is 0 Å². The van der Waals surface area contributed by atoms with E-state index in [2.05, 4.69) is 31.4 Å². The highest BCUT2D eigenvalue weighted by atomic mass is 16.2. The number of aromatic nitrogens is 2. The zero-order valence-corrected chi connectivity index (χ0v) is 21.0. The number of carbonyl (C=O) groups excluding carboxylic acids is 2. The zero-order chi connectivity index (χ0) is 24.3. The average Bonchev–Trinajstić information content (AvgIpc) is 3.07.